The van der Waals surface area contributed by atoms with E-state index in [4.69, 9.17) is 4.43 Å². The molecule has 0 saturated carbocycles. The second kappa shape index (κ2) is 4.32. The smallest absolute Gasteiger partial charge is 0.316 e. The van der Waals surface area contributed by atoms with Gasteiger partial charge < -0.3 is 4.43 Å². The molecule has 1 radical (unpaired) electrons. The molecule has 0 unspecified atom stereocenters. The summed E-state index contributed by atoms with van der Waals surface area (Å²) in [5, 5.41) is 0. The van der Waals surface area contributed by atoms with E-state index in [-0.39, 0.29) is 5.97 Å². The molecule has 0 aliphatic carbocycles. The first-order valence-corrected chi connectivity index (χ1v) is 4.99. The predicted octanol–water partition coefficient (Wildman–Crippen LogP) is 1.36. The SMILES string of the molecule is C=CC(=O)O[Si](C)CC. The molecule has 0 fully saturated rings. The van der Waals surface area contributed by atoms with Crippen molar-refractivity contribution >= 4 is 15.0 Å². The highest BCUT2D eigenvalue weighted by molar-refractivity contribution is 6.52. The third-order valence-electron chi connectivity index (χ3n) is 0.939. The van der Waals surface area contributed by atoms with E-state index in [1.165, 1.54) is 6.08 Å². The second-order valence-corrected chi connectivity index (χ2v) is 4.00. The molecule has 0 saturated heterocycles. The van der Waals surface area contributed by atoms with Crippen molar-refractivity contribution in [3.8, 4) is 0 Å². The van der Waals surface area contributed by atoms with Crippen molar-refractivity contribution < 1.29 is 9.22 Å². The summed E-state index contributed by atoms with van der Waals surface area (Å²) in [7, 11) is -0.861. The maximum Gasteiger partial charge on any atom is 0.316 e. The van der Waals surface area contributed by atoms with Crippen LogP contribution in [0.4, 0.5) is 0 Å². The summed E-state index contributed by atoms with van der Waals surface area (Å²) in [5.41, 5.74) is 0. The molecular formula is C6H11O2Si. The van der Waals surface area contributed by atoms with Crippen molar-refractivity contribution in [3.05, 3.63) is 12.7 Å². The summed E-state index contributed by atoms with van der Waals surface area (Å²) in [5.74, 6) is -0.298. The molecule has 51 valence electrons. The van der Waals surface area contributed by atoms with Gasteiger partial charge in [0, 0.05) is 6.08 Å². The van der Waals surface area contributed by atoms with E-state index in [0.717, 1.165) is 6.04 Å². The Morgan fingerprint density at radius 1 is 1.89 bits per heavy atom. The second-order valence-electron chi connectivity index (χ2n) is 1.68. The fourth-order valence-corrected chi connectivity index (χ4v) is 0.857. The lowest BCUT2D eigenvalue weighted by Crippen LogP contribution is -2.15. The first kappa shape index (κ1) is 8.43. The molecular weight excluding hydrogens is 132 g/mol. The van der Waals surface area contributed by atoms with E-state index >= 15 is 0 Å². The fraction of sp³-hybridized carbons (Fsp3) is 0.500. The Balaban J connectivity index is 3.46. The van der Waals surface area contributed by atoms with Crippen LogP contribution in [-0.2, 0) is 9.22 Å². The van der Waals surface area contributed by atoms with Crippen LogP contribution in [0.15, 0.2) is 12.7 Å². The molecule has 0 aliphatic heterocycles. The van der Waals surface area contributed by atoms with Gasteiger partial charge in [0.2, 0.25) is 0 Å². The largest absolute Gasteiger partial charge is 0.515 e. The molecule has 9 heavy (non-hydrogen) atoms. The van der Waals surface area contributed by atoms with Gasteiger partial charge in [0.1, 0.15) is 0 Å². The molecule has 0 N–H and O–H groups in total. The topological polar surface area (TPSA) is 26.3 Å². The molecule has 0 aromatic carbocycles. The maximum atomic E-state index is 10.5. The normalized spacial score (nSPS) is 9.22. The minimum atomic E-state index is -0.861. The molecule has 0 atom stereocenters. The Labute approximate surface area is 57.3 Å². The van der Waals surface area contributed by atoms with Crippen molar-refractivity contribution in [1.82, 2.24) is 0 Å². The van der Waals surface area contributed by atoms with E-state index in [2.05, 4.69) is 6.58 Å². The Hall–Kier alpha value is -0.573. The average molecular weight is 143 g/mol. The first-order valence-electron chi connectivity index (χ1n) is 2.87. The monoisotopic (exact) mass is 143 g/mol. The van der Waals surface area contributed by atoms with Gasteiger partial charge in [-0.15, -0.1) is 0 Å². The average Bonchev–Trinajstić information content (AvgIpc) is 1.87. The van der Waals surface area contributed by atoms with Crippen molar-refractivity contribution in [1.29, 1.82) is 0 Å². The van der Waals surface area contributed by atoms with E-state index in [1.807, 2.05) is 13.5 Å². The van der Waals surface area contributed by atoms with Crippen LogP contribution in [0.2, 0.25) is 12.6 Å². The summed E-state index contributed by atoms with van der Waals surface area (Å²) in [6.07, 6.45) is 1.20. The number of carbonyl (C=O) groups excluding carboxylic acids is 1. The minimum Gasteiger partial charge on any atom is -0.515 e. The maximum absolute atomic E-state index is 10.5. The van der Waals surface area contributed by atoms with Crippen LogP contribution in [0.5, 0.6) is 0 Å². The lowest BCUT2D eigenvalue weighted by molar-refractivity contribution is -0.129. The third kappa shape index (κ3) is 3.97. The van der Waals surface area contributed by atoms with Crippen LogP contribution >= 0.6 is 0 Å². The number of carbonyl (C=O) groups is 1. The standard InChI is InChI=1S/C6H11O2Si/c1-4-6(7)8-9(3)5-2/h4H,1,5H2,2-3H3. The van der Waals surface area contributed by atoms with Gasteiger partial charge in [-0.1, -0.05) is 13.5 Å². The summed E-state index contributed by atoms with van der Waals surface area (Å²) < 4.78 is 4.89. The number of hydrogen-bond acceptors (Lipinski definition) is 2. The zero-order valence-corrected chi connectivity index (χ0v) is 6.81. The van der Waals surface area contributed by atoms with Crippen LogP contribution < -0.4 is 0 Å². The van der Waals surface area contributed by atoms with E-state index < -0.39 is 9.04 Å². The highest BCUT2D eigenvalue weighted by atomic mass is 28.3. The molecule has 0 bridgehead atoms. The van der Waals surface area contributed by atoms with Crippen LogP contribution in [0, 0.1) is 0 Å². The quantitative estimate of drug-likeness (QED) is 0.440. The number of hydrogen-bond donors (Lipinski definition) is 0. The van der Waals surface area contributed by atoms with Crippen molar-refractivity contribution in [3.63, 3.8) is 0 Å². The lowest BCUT2D eigenvalue weighted by Gasteiger charge is -2.04. The van der Waals surface area contributed by atoms with E-state index in [1.54, 1.807) is 0 Å². The van der Waals surface area contributed by atoms with Crippen molar-refractivity contribution in [2.75, 3.05) is 0 Å². The highest BCUT2D eigenvalue weighted by Crippen LogP contribution is 1.92. The van der Waals surface area contributed by atoms with Gasteiger partial charge in [0.15, 0.2) is 0 Å². The molecule has 0 heterocycles. The Morgan fingerprint density at radius 3 is 2.78 bits per heavy atom. The van der Waals surface area contributed by atoms with Gasteiger partial charge in [-0.25, -0.2) is 4.79 Å². The predicted molar refractivity (Wildman–Crippen MR) is 38.4 cm³/mol. The lowest BCUT2D eigenvalue weighted by atomic mass is 10.7. The molecule has 0 aromatic heterocycles. The summed E-state index contributed by atoms with van der Waals surface area (Å²) in [4.78, 5) is 10.5. The van der Waals surface area contributed by atoms with Crippen molar-refractivity contribution in [2.24, 2.45) is 0 Å². The van der Waals surface area contributed by atoms with Gasteiger partial charge in [0.25, 0.3) is 9.04 Å². The van der Waals surface area contributed by atoms with Crippen LogP contribution in [0.3, 0.4) is 0 Å². The van der Waals surface area contributed by atoms with Gasteiger partial charge in [0.05, 0.1) is 0 Å². The Morgan fingerprint density at radius 2 is 2.44 bits per heavy atom. The first-order chi connectivity index (χ1) is 4.20. The molecule has 0 aliphatic rings. The van der Waals surface area contributed by atoms with Gasteiger partial charge in [-0.2, -0.15) is 0 Å². The third-order valence-corrected chi connectivity index (χ3v) is 2.48. The molecule has 0 aromatic rings. The molecule has 0 amide bonds. The Bertz CT molecular complexity index is 112. The zero-order valence-electron chi connectivity index (χ0n) is 5.81. The summed E-state index contributed by atoms with van der Waals surface area (Å²) in [6.45, 7) is 7.24. The molecule has 0 rings (SSSR count). The molecule has 0 spiro atoms. The van der Waals surface area contributed by atoms with Crippen LogP contribution in [0.1, 0.15) is 6.92 Å². The Kier molecular flexibility index (Phi) is 4.04. The highest BCUT2D eigenvalue weighted by Gasteiger charge is 2.05. The van der Waals surface area contributed by atoms with E-state index in [0.29, 0.717) is 0 Å². The van der Waals surface area contributed by atoms with Crippen LogP contribution in [0.25, 0.3) is 0 Å². The van der Waals surface area contributed by atoms with Gasteiger partial charge in [-0.05, 0) is 12.6 Å². The zero-order chi connectivity index (χ0) is 7.28. The van der Waals surface area contributed by atoms with Gasteiger partial charge >= 0.3 is 5.97 Å². The fourth-order valence-electron chi connectivity index (χ4n) is 0.286. The van der Waals surface area contributed by atoms with E-state index in [9.17, 15) is 4.79 Å². The minimum absolute atomic E-state index is 0.298. The summed E-state index contributed by atoms with van der Waals surface area (Å²) >= 11 is 0. The van der Waals surface area contributed by atoms with Gasteiger partial charge in [-0.3, -0.25) is 0 Å². The molecule has 3 heteroatoms. The number of rotatable bonds is 3. The van der Waals surface area contributed by atoms with Crippen molar-refractivity contribution in [2.45, 2.75) is 19.5 Å². The van der Waals surface area contributed by atoms with Crippen LogP contribution in [-0.4, -0.2) is 15.0 Å². The molecule has 2 nitrogen and oxygen atoms in total. The summed E-state index contributed by atoms with van der Waals surface area (Å²) in [6, 6.07) is 0.949.